The van der Waals surface area contributed by atoms with Gasteiger partial charge in [0.25, 0.3) is 5.69 Å². The van der Waals surface area contributed by atoms with Crippen molar-refractivity contribution in [2.45, 2.75) is 18.9 Å². The number of methoxy groups -OCH3 is 1. The fourth-order valence-corrected chi connectivity index (χ4v) is 3.66. The predicted molar refractivity (Wildman–Crippen MR) is 74.9 cm³/mol. The van der Waals surface area contributed by atoms with Crippen LogP contribution in [-0.4, -0.2) is 38.0 Å². The minimum Gasteiger partial charge on any atom is -0.494 e. The van der Waals surface area contributed by atoms with Crippen LogP contribution in [-0.2, 0) is 9.84 Å². The number of rotatable bonds is 4. The third kappa shape index (κ3) is 3.38. The van der Waals surface area contributed by atoms with E-state index in [0.29, 0.717) is 24.3 Å². The first kappa shape index (κ1) is 14.6. The van der Waals surface area contributed by atoms with Gasteiger partial charge in [-0.3, -0.25) is 10.1 Å². The summed E-state index contributed by atoms with van der Waals surface area (Å²) in [6, 6.07) is 4.36. The number of nitro groups is 1. The van der Waals surface area contributed by atoms with E-state index in [4.69, 9.17) is 4.74 Å². The lowest BCUT2D eigenvalue weighted by Crippen LogP contribution is -2.32. The minimum atomic E-state index is -2.90. The quantitative estimate of drug-likeness (QED) is 0.669. The number of nitrogens with zero attached hydrogens (tertiary/aromatic N) is 1. The fraction of sp³-hybridized carbons (Fsp3) is 0.500. The molecule has 1 aromatic rings. The molecule has 0 spiro atoms. The summed E-state index contributed by atoms with van der Waals surface area (Å²) in [5.74, 6) is 0.715. The smallest absolute Gasteiger partial charge is 0.273 e. The molecule has 0 atom stereocenters. The van der Waals surface area contributed by atoms with Crippen molar-refractivity contribution >= 4 is 21.2 Å². The van der Waals surface area contributed by atoms with E-state index in [9.17, 15) is 18.5 Å². The molecular formula is C12H16N2O5S. The van der Waals surface area contributed by atoms with Gasteiger partial charge in [-0.05, 0) is 18.9 Å². The van der Waals surface area contributed by atoms with E-state index in [2.05, 4.69) is 5.32 Å². The summed E-state index contributed by atoms with van der Waals surface area (Å²) in [5, 5.41) is 13.9. The van der Waals surface area contributed by atoms with Crippen LogP contribution in [0.2, 0.25) is 0 Å². The van der Waals surface area contributed by atoms with Crippen LogP contribution in [0.3, 0.4) is 0 Å². The van der Waals surface area contributed by atoms with Crippen LogP contribution < -0.4 is 10.1 Å². The number of hydrogen-bond donors (Lipinski definition) is 1. The summed E-state index contributed by atoms with van der Waals surface area (Å²) in [7, 11) is -1.46. The van der Waals surface area contributed by atoms with Crippen LogP contribution in [0.15, 0.2) is 18.2 Å². The zero-order valence-electron chi connectivity index (χ0n) is 11.0. The number of benzene rings is 1. The maximum Gasteiger partial charge on any atom is 0.273 e. The number of anilines is 1. The summed E-state index contributed by atoms with van der Waals surface area (Å²) in [6.07, 6.45) is 1.06. The second-order valence-corrected chi connectivity index (χ2v) is 7.02. The van der Waals surface area contributed by atoms with Gasteiger partial charge in [0.15, 0.2) is 0 Å². The van der Waals surface area contributed by atoms with E-state index in [0.717, 1.165) is 0 Å². The number of ether oxygens (including phenoxy) is 1. The number of nitro benzene ring substituents is 1. The van der Waals surface area contributed by atoms with Gasteiger partial charge in [-0.2, -0.15) is 0 Å². The number of hydrogen-bond acceptors (Lipinski definition) is 6. The van der Waals surface area contributed by atoms with Gasteiger partial charge in [-0.1, -0.05) is 0 Å². The predicted octanol–water partition coefficient (Wildman–Crippen LogP) is 1.59. The summed E-state index contributed by atoms with van der Waals surface area (Å²) in [5.41, 5.74) is 0.598. The van der Waals surface area contributed by atoms with Crippen molar-refractivity contribution in [3.63, 3.8) is 0 Å². The highest BCUT2D eigenvalue weighted by molar-refractivity contribution is 7.91. The lowest BCUT2D eigenvalue weighted by atomic mass is 10.1. The molecule has 0 unspecified atom stereocenters. The first-order chi connectivity index (χ1) is 9.41. The maximum atomic E-state index is 11.4. The molecule has 1 saturated heterocycles. The van der Waals surface area contributed by atoms with Gasteiger partial charge in [0.1, 0.15) is 15.6 Å². The highest BCUT2D eigenvalue weighted by Gasteiger charge is 2.24. The lowest BCUT2D eigenvalue weighted by molar-refractivity contribution is -0.384. The largest absolute Gasteiger partial charge is 0.494 e. The molecule has 8 heteroatoms. The van der Waals surface area contributed by atoms with Crippen LogP contribution in [0.4, 0.5) is 11.4 Å². The molecule has 110 valence electrons. The second kappa shape index (κ2) is 5.66. The summed E-state index contributed by atoms with van der Waals surface area (Å²) < 4.78 is 27.9. The van der Waals surface area contributed by atoms with Crippen molar-refractivity contribution in [1.29, 1.82) is 0 Å². The van der Waals surface area contributed by atoms with Crippen molar-refractivity contribution < 1.29 is 18.1 Å². The Bertz CT molecular complexity index is 600. The van der Waals surface area contributed by atoms with Gasteiger partial charge in [-0.15, -0.1) is 0 Å². The molecule has 0 radical (unpaired) electrons. The van der Waals surface area contributed by atoms with Gasteiger partial charge in [0.2, 0.25) is 0 Å². The van der Waals surface area contributed by atoms with Crippen molar-refractivity contribution in [2.24, 2.45) is 0 Å². The molecule has 2 rings (SSSR count). The van der Waals surface area contributed by atoms with Crippen LogP contribution in [0.5, 0.6) is 5.75 Å². The van der Waals surface area contributed by atoms with Crippen molar-refractivity contribution in [3.8, 4) is 5.75 Å². The number of nitrogens with one attached hydrogen (secondary N) is 1. The average molecular weight is 300 g/mol. The third-order valence-electron chi connectivity index (χ3n) is 3.31. The lowest BCUT2D eigenvalue weighted by Gasteiger charge is -2.24. The fourth-order valence-electron chi connectivity index (χ4n) is 2.17. The summed E-state index contributed by atoms with van der Waals surface area (Å²) in [4.78, 5) is 10.2. The van der Waals surface area contributed by atoms with Crippen LogP contribution in [0.1, 0.15) is 12.8 Å². The monoisotopic (exact) mass is 300 g/mol. The Balaban J connectivity index is 2.11. The van der Waals surface area contributed by atoms with E-state index < -0.39 is 14.8 Å². The Morgan fingerprint density at radius 1 is 1.35 bits per heavy atom. The van der Waals surface area contributed by atoms with E-state index in [1.54, 1.807) is 6.07 Å². The average Bonchev–Trinajstić information content (AvgIpc) is 2.41. The molecule has 1 aliphatic rings. The van der Waals surface area contributed by atoms with Gasteiger partial charge in [-0.25, -0.2) is 8.42 Å². The molecule has 1 N–H and O–H groups in total. The zero-order chi connectivity index (χ0) is 14.8. The molecule has 0 amide bonds. The number of non-ortho nitro benzene ring substituents is 1. The second-order valence-electron chi connectivity index (χ2n) is 4.71. The molecule has 1 aromatic carbocycles. The van der Waals surface area contributed by atoms with Crippen LogP contribution in [0, 0.1) is 10.1 Å². The SMILES string of the molecule is COc1cc([N+](=O)[O-])ccc1NC1CCS(=O)(=O)CC1. The van der Waals surface area contributed by atoms with Crippen molar-refractivity contribution in [1.82, 2.24) is 0 Å². The Kier molecular flexibility index (Phi) is 4.12. The molecule has 1 heterocycles. The van der Waals surface area contributed by atoms with Gasteiger partial charge < -0.3 is 10.1 Å². The Labute approximate surface area is 117 Å². The molecule has 0 aromatic heterocycles. The van der Waals surface area contributed by atoms with E-state index in [1.807, 2.05) is 0 Å². The molecule has 1 fully saturated rings. The van der Waals surface area contributed by atoms with Gasteiger partial charge in [0, 0.05) is 12.1 Å². The standard InChI is InChI=1S/C12H16N2O5S/c1-19-12-8-10(14(15)16)2-3-11(12)13-9-4-6-20(17,18)7-5-9/h2-3,8-9,13H,4-7H2,1H3. The van der Waals surface area contributed by atoms with Crippen molar-refractivity contribution in [2.75, 3.05) is 23.9 Å². The third-order valence-corrected chi connectivity index (χ3v) is 5.03. The Morgan fingerprint density at radius 2 is 2.00 bits per heavy atom. The van der Waals surface area contributed by atoms with Crippen molar-refractivity contribution in [3.05, 3.63) is 28.3 Å². The zero-order valence-corrected chi connectivity index (χ0v) is 11.9. The maximum absolute atomic E-state index is 11.4. The van der Waals surface area contributed by atoms with Gasteiger partial charge >= 0.3 is 0 Å². The molecule has 0 bridgehead atoms. The highest BCUT2D eigenvalue weighted by Crippen LogP contribution is 2.30. The minimum absolute atomic E-state index is 0.0360. The van der Waals surface area contributed by atoms with E-state index in [1.165, 1.54) is 19.2 Å². The first-order valence-corrected chi connectivity index (χ1v) is 8.03. The molecule has 0 saturated carbocycles. The molecule has 1 aliphatic heterocycles. The summed E-state index contributed by atoms with van der Waals surface area (Å²) in [6.45, 7) is 0. The van der Waals surface area contributed by atoms with Crippen LogP contribution in [0.25, 0.3) is 0 Å². The van der Waals surface area contributed by atoms with Gasteiger partial charge in [0.05, 0.1) is 35.3 Å². The van der Waals surface area contributed by atoms with E-state index in [-0.39, 0.29) is 23.2 Å². The Hall–Kier alpha value is -1.83. The number of sulfone groups is 1. The van der Waals surface area contributed by atoms with E-state index >= 15 is 0 Å². The molecule has 7 nitrogen and oxygen atoms in total. The topological polar surface area (TPSA) is 98.5 Å². The first-order valence-electron chi connectivity index (χ1n) is 6.21. The molecule has 0 aliphatic carbocycles. The van der Waals surface area contributed by atoms with Crippen LogP contribution >= 0.6 is 0 Å². The summed E-state index contributed by atoms with van der Waals surface area (Å²) >= 11 is 0. The highest BCUT2D eigenvalue weighted by atomic mass is 32.2. The molecule has 20 heavy (non-hydrogen) atoms. The normalized spacial score (nSPS) is 18.4. The Morgan fingerprint density at radius 3 is 2.55 bits per heavy atom. The molecular weight excluding hydrogens is 284 g/mol.